The lowest BCUT2D eigenvalue weighted by Gasteiger charge is -2.29. The van der Waals surface area contributed by atoms with Crippen LogP contribution in [0.1, 0.15) is 74.6 Å². The van der Waals surface area contributed by atoms with Crippen LogP contribution in [0.4, 0.5) is 5.13 Å². The molecule has 2 aromatic heterocycles. The van der Waals surface area contributed by atoms with Crippen LogP contribution in [-0.2, 0) is 6.42 Å². The quantitative estimate of drug-likeness (QED) is 0.132. The molecule has 3 heterocycles. The van der Waals surface area contributed by atoms with E-state index in [2.05, 4.69) is 66.5 Å². The predicted octanol–water partition coefficient (Wildman–Crippen LogP) is 9.55. The third-order valence-corrected chi connectivity index (χ3v) is 9.99. The third-order valence-electron chi connectivity index (χ3n) is 8.97. The van der Waals surface area contributed by atoms with Gasteiger partial charge in [-0.25, -0.2) is 14.8 Å². The second-order valence-electron chi connectivity index (χ2n) is 12.0. The summed E-state index contributed by atoms with van der Waals surface area (Å²) in [6, 6.07) is 26.4. The number of hydrogen-bond donors (Lipinski definition) is 1. The molecule has 0 spiro atoms. The van der Waals surface area contributed by atoms with E-state index in [4.69, 9.17) is 14.5 Å². The fraction of sp³-hybridized carbons (Fsp3) is 0.289. The first-order valence-electron chi connectivity index (χ1n) is 16.0. The number of hydrazone groups is 1. The highest BCUT2D eigenvalue weighted by atomic mass is 32.1. The summed E-state index contributed by atoms with van der Waals surface area (Å²) in [5.74, 6) is 0.426. The smallest absolute Gasteiger partial charge is 0.345 e. The van der Waals surface area contributed by atoms with Gasteiger partial charge in [0.05, 0.1) is 22.2 Å². The first kappa shape index (κ1) is 29.2. The lowest BCUT2D eigenvalue weighted by molar-refractivity contribution is 0.464. The van der Waals surface area contributed by atoms with Gasteiger partial charge < -0.3 is 9.52 Å². The van der Waals surface area contributed by atoms with Crippen molar-refractivity contribution in [3.05, 3.63) is 118 Å². The molecule has 7 rings (SSSR count). The van der Waals surface area contributed by atoms with Crippen molar-refractivity contribution in [3.8, 4) is 16.2 Å². The van der Waals surface area contributed by atoms with Gasteiger partial charge in [0.2, 0.25) is 5.13 Å². The number of aryl methyl sites for hydroxylation is 1. The number of aromatic hydroxyl groups is 1. The van der Waals surface area contributed by atoms with E-state index in [1.165, 1.54) is 34.5 Å². The van der Waals surface area contributed by atoms with Gasteiger partial charge in [-0.3, -0.25) is 0 Å². The fourth-order valence-corrected chi connectivity index (χ4v) is 7.61. The summed E-state index contributed by atoms with van der Waals surface area (Å²) >= 11 is 1.46. The zero-order valence-electron chi connectivity index (χ0n) is 25.5. The molecule has 228 valence electrons. The minimum Gasteiger partial charge on any atom is -0.508 e. The van der Waals surface area contributed by atoms with Gasteiger partial charge in [0.1, 0.15) is 11.3 Å². The molecule has 6 nitrogen and oxygen atoms in total. The highest BCUT2D eigenvalue weighted by Gasteiger charge is 2.42. The van der Waals surface area contributed by atoms with Crippen LogP contribution in [-0.4, -0.2) is 15.8 Å². The molecule has 0 amide bonds. The summed E-state index contributed by atoms with van der Waals surface area (Å²) in [4.78, 5) is 18.8. The van der Waals surface area contributed by atoms with Crippen LogP contribution >= 0.6 is 11.3 Å². The van der Waals surface area contributed by atoms with E-state index in [0.717, 1.165) is 71.6 Å². The van der Waals surface area contributed by atoms with Gasteiger partial charge >= 0.3 is 5.63 Å². The number of anilines is 1. The van der Waals surface area contributed by atoms with Crippen LogP contribution in [0, 0.1) is 5.92 Å². The highest BCUT2D eigenvalue weighted by Crippen LogP contribution is 2.47. The Morgan fingerprint density at radius 1 is 1.02 bits per heavy atom. The number of phenols is 1. The molecular formula is C38H37N3O3S. The number of hydrogen-bond acceptors (Lipinski definition) is 7. The minimum atomic E-state index is -0.443. The zero-order valence-corrected chi connectivity index (χ0v) is 26.3. The summed E-state index contributed by atoms with van der Waals surface area (Å²) < 4.78 is 5.71. The maximum Gasteiger partial charge on any atom is 0.345 e. The molecule has 0 unspecified atom stereocenters. The van der Waals surface area contributed by atoms with Gasteiger partial charge in [-0.15, -0.1) is 0 Å². The standard InChI is InChI=1S/C38H37N3O3S/c1-2-3-4-9-17-27-21-29-22-31(37(43)44-33(29)23-32(27)42)34-24-39-38(45-34)41-36(26-15-10-6-11-16-26)30-19-12-18-28(35(30)40-41)20-25-13-7-5-8-14-25/h5-8,10-11,13-16,20-24,30,36,42H,2-4,9,12,17-19H2,1H3/b28-20+/t30-,36-/m0/s1. The number of nitrogens with zero attached hydrogens (tertiary/aromatic N) is 3. The summed E-state index contributed by atoms with van der Waals surface area (Å²) in [5.41, 5.74) is 6.09. The van der Waals surface area contributed by atoms with Gasteiger partial charge in [0, 0.05) is 23.6 Å². The van der Waals surface area contributed by atoms with Crippen LogP contribution in [0.3, 0.4) is 0 Å². The van der Waals surface area contributed by atoms with Crippen LogP contribution in [0.15, 0.2) is 105 Å². The lowest BCUT2D eigenvalue weighted by Crippen LogP contribution is -2.27. The molecule has 0 radical (unpaired) electrons. The van der Waals surface area contributed by atoms with E-state index >= 15 is 0 Å². The topological polar surface area (TPSA) is 78.9 Å². The number of phenolic OH excluding ortho intramolecular Hbond substituents is 1. The third kappa shape index (κ3) is 5.97. The summed E-state index contributed by atoms with van der Waals surface area (Å²) in [6.45, 7) is 2.19. The molecule has 1 saturated carbocycles. The average molecular weight is 616 g/mol. The van der Waals surface area contributed by atoms with E-state index in [0.29, 0.717) is 11.1 Å². The molecular weight excluding hydrogens is 579 g/mol. The normalized spacial score (nSPS) is 18.8. The van der Waals surface area contributed by atoms with E-state index in [1.807, 2.05) is 24.3 Å². The Labute approximate surface area is 267 Å². The minimum absolute atomic E-state index is 0.0194. The molecule has 2 aliphatic rings. The van der Waals surface area contributed by atoms with Crippen molar-refractivity contribution in [2.24, 2.45) is 11.0 Å². The average Bonchev–Trinajstić information content (AvgIpc) is 3.70. The summed E-state index contributed by atoms with van der Waals surface area (Å²) in [7, 11) is 0. The number of unbranched alkanes of at least 4 members (excludes halogenated alkanes) is 3. The molecule has 0 bridgehead atoms. The second kappa shape index (κ2) is 12.9. The van der Waals surface area contributed by atoms with E-state index in [-0.39, 0.29) is 17.7 Å². The Hall–Kier alpha value is -4.49. The Bertz CT molecular complexity index is 1930. The largest absolute Gasteiger partial charge is 0.508 e. The Morgan fingerprint density at radius 3 is 2.62 bits per heavy atom. The Morgan fingerprint density at radius 2 is 1.82 bits per heavy atom. The molecule has 1 aliphatic heterocycles. The van der Waals surface area contributed by atoms with E-state index < -0.39 is 5.63 Å². The van der Waals surface area contributed by atoms with Crippen LogP contribution in [0.25, 0.3) is 27.5 Å². The summed E-state index contributed by atoms with van der Waals surface area (Å²) in [5, 5.41) is 19.5. The number of thiazole rings is 1. The molecule has 1 aliphatic carbocycles. The predicted molar refractivity (Wildman–Crippen MR) is 184 cm³/mol. The monoisotopic (exact) mass is 615 g/mol. The fourth-order valence-electron chi connectivity index (χ4n) is 6.70. The van der Waals surface area contributed by atoms with Gasteiger partial charge in [0.15, 0.2) is 0 Å². The molecule has 1 fully saturated rings. The van der Waals surface area contributed by atoms with E-state index in [9.17, 15) is 9.90 Å². The zero-order chi connectivity index (χ0) is 30.8. The molecule has 7 heteroatoms. The van der Waals surface area contributed by atoms with Crippen molar-refractivity contribution in [1.82, 2.24) is 4.98 Å². The molecule has 5 aromatic rings. The molecule has 45 heavy (non-hydrogen) atoms. The van der Waals surface area contributed by atoms with Gasteiger partial charge in [-0.1, -0.05) is 98.2 Å². The first-order chi connectivity index (χ1) is 22.1. The first-order valence-corrected chi connectivity index (χ1v) is 16.9. The Kier molecular flexibility index (Phi) is 8.35. The van der Waals surface area contributed by atoms with Gasteiger partial charge in [-0.2, -0.15) is 5.10 Å². The van der Waals surface area contributed by atoms with Gasteiger partial charge in [0.25, 0.3) is 0 Å². The SMILES string of the molecule is CCCCCCc1cc2cc(-c3cnc(N4N=C5/C(=C/c6ccccc6)CCC[C@@H]5[C@@H]4c4ccccc4)s3)c(=O)oc2cc1O. The van der Waals surface area contributed by atoms with Crippen LogP contribution in [0.5, 0.6) is 5.75 Å². The van der Waals surface area contributed by atoms with Crippen molar-refractivity contribution in [2.75, 3.05) is 5.01 Å². The van der Waals surface area contributed by atoms with E-state index in [1.54, 1.807) is 12.3 Å². The molecule has 0 saturated heterocycles. The number of allylic oxidation sites excluding steroid dienone is 1. The number of benzene rings is 3. The van der Waals surface area contributed by atoms with Crippen LogP contribution < -0.4 is 10.6 Å². The maximum atomic E-state index is 13.2. The van der Waals surface area contributed by atoms with Gasteiger partial charge in [-0.05, 0) is 72.6 Å². The second-order valence-corrected chi connectivity index (χ2v) is 13.1. The van der Waals surface area contributed by atoms with Crippen molar-refractivity contribution in [3.63, 3.8) is 0 Å². The van der Waals surface area contributed by atoms with Crippen molar-refractivity contribution in [2.45, 2.75) is 64.3 Å². The lowest BCUT2D eigenvalue weighted by atomic mass is 9.77. The number of rotatable bonds is 9. The molecule has 2 atom stereocenters. The van der Waals surface area contributed by atoms with Crippen LogP contribution in [0.2, 0.25) is 0 Å². The van der Waals surface area contributed by atoms with Crippen molar-refractivity contribution in [1.29, 1.82) is 0 Å². The molecule has 1 N–H and O–H groups in total. The highest BCUT2D eigenvalue weighted by molar-refractivity contribution is 7.18. The number of aromatic nitrogens is 1. The molecule has 3 aromatic carbocycles. The number of fused-ring (bicyclic) bond motifs is 2. The van der Waals surface area contributed by atoms with Crippen molar-refractivity contribution < 1.29 is 9.52 Å². The Balaban J connectivity index is 1.25. The van der Waals surface area contributed by atoms with Crippen molar-refractivity contribution >= 4 is 39.2 Å². The maximum absolute atomic E-state index is 13.2. The summed E-state index contributed by atoms with van der Waals surface area (Å²) in [6.07, 6.45) is 12.5.